The van der Waals surface area contributed by atoms with Gasteiger partial charge >= 0.3 is 6.18 Å². The summed E-state index contributed by atoms with van der Waals surface area (Å²) >= 11 is 0.944. The zero-order chi connectivity index (χ0) is 19.7. The number of thiazole rings is 1. The Morgan fingerprint density at radius 2 is 1.89 bits per heavy atom. The summed E-state index contributed by atoms with van der Waals surface area (Å²) in [4.78, 5) is 19.5. The molecule has 0 aliphatic heterocycles. The molecule has 1 heterocycles. The fraction of sp³-hybridized carbons (Fsp3) is 0.706. The van der Waals surface area contributed by atoms with Gasteiger partial charge in [0.2, 0.25) is 5.91 Å². The van der Waals surface area contributed by atoms with Crippen LogP contribution >= 0.6 is 35.3 Å². The van der Waals surface area contributed by atoms with Crippen LogP contribution in [0.15, 0.2) is 10.4 Å². The number of nitrogens with zero attached hydrogens (tertiary/aromatic N) is 2. The van der Waals surface area contributed by atoms with Crippen molar-refractivity contribution in [2.24, 2.45) is 10.9 Å². The molecule has 1 aliphatic carbocycles. The molecule has 160 valence electrons. The Morgan fingerprint density at radius 1 is 1.21 bits per heavy atom. The summed E-state index contributed by atoms with van der Waals surface area (Å²) < 4.78 is 37.6. The van der Waals surface area contributed by atoms with Crippen LogP contribution in [0.2, 0.25) is 0 Å². The predicted molar refractivity (Wildman–Crippen MR) is 115 cm³/mol. The van der Waals surface area contributed by atoms with E-state index in [-0.39, 0.29) is 36.4 Å². The van der Waals surface area contributed by atoms with Gasteiger partial charge in [-0.15, -0.1) is 35.3 Å². The van der Waals surface area contributed by atoms with Gasteiger partial charge in [-0.2, -0.15) is 13.2 Å². The van der Waals surface area contributed by atoms with E-state index in [1.807, 2.05) is 0 Å². The zero-order valence-electron chi connectivity index (χ0n) is 15.8. The number of guanidine groups is 1. The zero-order valence-corrected chi connectivity index (χ0v) is 18.9. The second-order valence-electron chi connectivity index (χ2n) is 6.53. The number of amides is 1. The van der Waals surface area contributed by atoms with Crippen molar-refractivity contribution < 1.29 is 18.0 Å². The van der Waals surface area contributed by atoms with E-state index in [9.17, 15) is 18.0 Å². The second kappa shape index (κ2) is 12.5. The quantitative estimate of drug-likeness (QED) is 0.217. The number of halogens is 4. The minimum absolute atomic E-state index is 0. The molecular weight excluding hydrogens is 506 g/mol. The smallest absolute Gasteiger partial charge is 0.355 e. The Hall–Kier alpha value is -1.11. The van der Waals surface area contributed by atoms with Gasteiger partial charge in [0, 0.05) is 31.9 Å². The average Bonchev–Trinajstić information content (AvgIpc) is 3.11. The van der Waals surface area contributed by atoms with E-state index in [1.54, 1.807) is 7.05 Å². The van der Waals surface area contributed by atoms with Gasteiger partial charge in [-0.25, -0.2) is 4.98 Å². The van der Waals surface area contributed by atoms with E-state index in [4.69, 9.17) is 0 Å². The third-order valence-electron chi connectivity index (χ3n) is 4.41. The van der Waals surface area contributed by atoms with E-state index >= 15 is 0 Å². The third kappa shape index (κ3) is 8.93. The van der Waals surface area contributed by atoms with E-state index in [0.717, 1.165) is 29.6 Å². The molecule has 0 spiro atoms. The molecule has 2 rings (SSSR count). The molecule has 11 heteroatoms. The topological polar surface area (TPSA) is 78.4 Å². The summed E-state index contributed by atoms with van der Waals surface area (Å²) in [5.41, 5.74) is -0.882. The van der Waals surface area contributed by atoms with Crippen molar-refractivity contribution in [3.8, 4) is 0 Å². The van der Waals surface area contributed by atoms with Gasteiger partial charge in [-0.3, -0.25) is 9.79 Å². The van der Waals surface area contributed by atoms with Gasteiger partial charge in [0.1, 0.15) is 5.01 Å². The average molecular weight is 533 g/mol. The molecule has 1 aliphatic rings. The van der Waals surface area contributed by atoms with Crippen LogP contribution in [0.3, 0.4) is 0 Å². The highest BCUT2D eigenvalue weighted by Gasteiger charge is 2.33. The lowest BCUT2D eigenvalue weighted by molar-refractivity contribution is -0.140. The molecule has 1 saturated carbocycles. The van der Waals surface area contributed by atoms with Crippen LogP contribution in [0.1, 0.15) is 49.2 Å². The first-order valence-electron chi connectivity index (χ1n) is 9.11. The van der Waals surface area contributed by atoms with Crippen molar-refractivity contribution in [3.63, 3.8) is 0 Å². The monoisotopic (exact) mass is 533 g/mol. The lowest BCUT2D eigenvalue weighted by atomic mass is 9.87. The van der Waals surface area contributed by atoms with Crippen LogP contribution in [0.4, 0.5) is 13.2 Å². The SMILES string of the molecule is CN=C(NCCNC(=O)CC1CCCCC1)NCc1nc(C(F)(F)F)cs1.I. The van der Waals surface area contributed by atoms with Crippen molar-refractivity contribution in [1.82, 2.24) is 20.9 Å². The number of rotatable bonds is 7. The Kier molecular flexibility index (Phi) is 11.1. The Balaban J connectivity index is 0.00000392. The highest BCUT2D eigenvalue weighted by atomic mass is 127. The lowest BCUT2D eigenvalue weighted by Crippen LogP contribution is -2.41. The molecule has 1 amide bonds. The van der Waals surface area contributed by atoms with Crippen LogP contribution in [0, 0.1) is 5.92 Å². The first-order valence-corrected chi connectivity index (χ1v) is 9.99. The van der Waals surface area contributed by atoms with Crippen LogP contribution in [0.5, 0.6) is 0 Å². The first kappa shape index (κ1) is 24.9. The molecule has 0 atom stereocenters. The number of nitrogens with one attached hydrogen (secondary N) is 3. The Morgan fingerprint density at radius 3 is 2.50 bits per heavy atom. The van der Waals surface area contributed by atoms with Gasteiger partial charge in [-0.1, -0.05) is 19.3 Å². The van der Waals surface area contributed by atoms with Crippen LogP contribution in [-0.4, -0.2) is 37.0 Å². The van der Waals surface area contributed by atoms with Crippen LogP contribution in [0.25, 0.3) is 0 Å². The normalized spacial score (nSPS) is 15.6. The number of aliphatic imine (C=N–C) groups is 1. The fourth-order valence-corrected chi connectivity index (χ4v) is 3.75. The lowest BCUT2D eigenvalue weighted by Gasteiger charge is -2.20. The summed E-state index contributed by atoms with van der Waals surface area (Å²) in [6.45, 7) is 1.08. The molecule has 0 saturated heterocycles. The summed E-state index contributed by atoms with van der Waals surface area (Å²) in [7, 11) is 1.57. The number of alkyl halides is 3. The molecule has 0 aromatic carbocycles. The van der Waals surface area contributed by atoms with Crippen molar-refractivity contribution in [2.45, 2.75) is 51.2 Å². The van der Waals surface area contributed by atoms with E-state index in [2.05, 4.69) is 25.9 Å². The van der Waals surface area contributed by atoms with E-state index in [1.165, 1.54) is 19.3 Å². The maximum atomic E-state index is 12.5. The number of hydrogen-bond acceptors (Lipinski definition) is 4. The predicted octanol–water partition coefficient (Wildman–Crippen LogP) is 3.53. The highest BCUT2D eigenvalue weighted by Crippen LogP contribution is 2.30. The van der Waals surface area contributed by atoms with Crippen LogP contribution < -0.4 is 16.0 Å². The number of aromatic nitrogens is 1. The molecular formula is C17H27F3IN5OS. The molecule has 0 bridgehead atoms. The molecule has 6 nitrogen and oxygen atoms in total. The summed E-state index contributed by atoms with van der Waals surface area (Å²) in [6.07, 6.45) is 2.12. The van der Waals surface area contributed by atoms with E-state index < -0.39 is 11.9 Å². The van der Waals surface area contributed by atoms with Crippen molar-refractivity contribution in [3.05, 3.63) is 16.1 Å². The Labute approximate surface area is 184 Å². The molecule has 0 unspecified atom stereocenters. The summed E-state index contributed by atoms with van der Waals surface area (Å²) in [6, 6.07) is 0. The van der Waals surface area contributed by atoms with Gasteiger partial charge in [0.05, 0.1) is 6.54 Å². The largest absolute Gasteiger partial charge is 0.434 e. The maximum Gasteiger partial charge on any atom is 0.434 e. The third-order valence-corrected chi connectivity index (χ3v) is 5.26. The second-order valence-corrected chi connectivity index (χ2v) is 7.48. The van der Waals surface area contributed by atoms with Gasteiger partial charge < -0.3 is 16.0 Å². The molecule has 1 fully saturated rings. The van der Waals surface area contributed by atoms with Crippen LogP contribution in [-0.2, 0) is 17.5 Å². The van der Waals surface area contributed by atoms with E-state index in [0.29, 0.717) is 36.4 Å². The van der Waals surface area contributed by atoms with Gasteiger partial charge in [-0.05, 0) is 18.8 Å². The summed E-state index contributed by atoms with van der Waals surface area (Å²) in [5, 5.41) is 10.1. The maximum absolute atomic E-state index is 12.5. The standard InChI is InChI=1S/C17H26F3N5OS.HI/c1-21-16(24-10-15-25-13(11-27-15)17(18,19)20)23-8-7-22-14(26)9-12-5-3-2-4-6-12;/h11-12H,2-10H2,1H3,(H,22,26)(H2,21,23,24);1H. The molecule has 28 heavy (non-hydrogen) atoms. The molecule has 1 aromatic heterocycles. The fourth-order valence-electron chi connectivity index (χ4n) is 3.01. The minimum Gasteiger partial charge on any atom is -0.355 e. The van der Waals surface area contributed by atoms with Crippen molar-refractivity contribution >= 4 is 47.2 Å². The first-order chi connectivity index (χ1) is 12.9. The molecule has 3 N–H and O–H groups in total. The van der Waals surface area contributed by atoms with Crippen molar-refractivity contribution in [1.29, 1.82) is 0 Å². The number of carbonyl (C=O) groups excluding carboxylic acids is 1. The minimum atomic E-state index is -4.43. The van der Waals surface area contributed by atoms with Gasteiger partial charge in [0.15, 0.2) is 11.7 Å². The molecule has 0 radical (unpaired) electrons. The van der Waals surface area contributed by atoms with Gasteiger partial charge in [0.25, 0.3) is 0 Å². The molecule has 1 aromatic rings. The number of hydrogen-bond donors (Lipinski definition) is 3. The van der Waals surface area contributed by atoms with Crippen molar-refractivity contribution in [2.75, 3.05) is 20.1 Å². The number of carbonyl (C=O) groups is 1. The highest BCUT2D eigenvalue weighted by molar-refractivity contribution is 14.0. The Bertz CT molecular complexity index is 633. The summed E-state index contributed by atoms with van der Waals surface area (Å²) in [5.74, 6) is 1.01.